The number of hydrogen-bond acceptors (Lipinski definition) is 3. The lowest BCUT2D eigenvalue weighted by Crippen LogP contribution is -2.29. The monoisotopic (exact) mass is 211 g/mol. The molecule has 86 valence electrons. The Hall–Kier alpha value is -0.410. The summed E-state index contributed by atoms with van der Waals surface area (Å²) in [6, 6.07) is 0. The number of carbonyl (C=O) groups is 1. The van der Waals surface area contributed by atoms with E-state index in [2.05, 4.69) is 4.90 Å². The number of ketones is 1. The van der Waals surface area contributed by atoms with Crippen molar-refractivity contribution in [3.05, 3.63) is 0 Å². The maximum absolute atomic E-state index is 11.5. The number of rotatable bonds is 4. The van der Waals surface area contributed by atoms with Crippen molar-refractivity contribution in [1.82, 2.24) is 4.90 Å². The van der Waals surface area contributed by atoms with Crippen molar-refractivity contribution in [2.45, 2.75) is 25.7 Å². The first-order valence-electron chi connectivity index (χ1n) is 6.03. The second kappa shape index (κ2) is 5.08. The minimum atomic E-state index is 0.339. The van der Waals surface area contributed by atoms with Crippen LogP contribution in [0.1, 0.15) is 25.7 Å². The van der Waals surface area contributed by atoms with Gasteiger partial charge < -0.3 is 9.64 Å². The summed E-state index contributed by atoms with van der Waals surface area (Å²) in [5.41, 5.74) is 0. The molecule has 0 amide bonds. The Labute approximate surface area is 91.8 Å². The maximum Gasteiger partial charge on any atom is 0.137 e. The van der Waals surface area contributed by atoms with Gasteiger partial charge in [0.05, 0.1) is 6.61 Å². The van der Waals surface area contributed by atoms with Crippen molar-refractivity contribution in [2.75, 3.05) is 33.4 Å². The summed E-state index contributed by atoms with van der Waals surface area (Å²) in [6.45, 7) is 4.14. The van der Waals surface area contributed by atoms with Crippen molar-refractivity contribution < 1.29 is 9.53 Å². The lowest BCUT2D eigenvalue weighted by Gasteiger charge is -2.19. The molecule has 1 heterocycles. The Morgan fingerprint density at radius 1 is 1.47 bits per heavy atom. The van der Waals surface area contributed by atoms with Crippen LogP contribution in [0.3, 0.4) is 0 Å². The third-order valence-electron chi connectivity index (χ3n) is 3.68. The van der Waals surface area contributed by atoms with Gasteiger partial charge in [-0.25, -0.2) is 0 Å². The van der Waals surface area contributed by atoms with Crippen LogP contribution in [0.5, 0.6) is 0 Å². The highest BCUT2D eigenvalue weighted by atomic mass is 16.5. The normalized spacial score (nSPS) is 32.7. The predicted octanol–water partition coefficient (Wildman–Crippen LogP) is 1.32. The van der Waals surface area contributed by atoms with E-state index in [-0.39, 0.29) is 0 Å². The van der Waals surface area contributed by atoms with E-state index in [1.807, 2.05) is 0 Å². The molecule has 1 saturated carbocycles. The highest BCUT2D eigenvalue weighted by Crippen LogP contribution is 2.25. The summed E-state index contributed by atoms with van der Waals surface area (Å²) in [7, 11) is 1.77. The zero-order chi connectivity index (χ0) is 10.7. The van der Waals surface area contributed by atoms with Crippen LogP contribution in [0.15, 0.2) is 0 Å². The largest absolute Gasteiger partial charge is 0.384 e. The molecule has 3 heteroatoms. The van der Waals surface area contributed by atoms with E-state index in [4.69, 9.17) is 4.74 Å². The molecular formula is C12H21NO2. The summed E-state index contributed by atoms with van der Waals surface area (Å²) >= 11 is 0. The van der Waals surface area contributed by atoms with Crippen LogP contribution in [0.2, 0.25) is 0 Å². The van der Waals surface area contributed by atoms with E-state index in [9.17, 15) is 4.79 Å². The number of likely N-dealkylation sites (tertiary alicyclic amines) is 1. The molecule has 15 heavy (non-hydrogen) atoms. The predicted molar refractivity (Wildman–Crippen MR) is 58.8 cm³/mol. The molecule has 0 bridgehead atoms. The first-order chi connectivity index (χ1) is 7.29. The van der Waals surface area contributed by atoms with Crippen molar-refractivity contribution >= 4 is 5.78 Å². The Bertz CT molecular complexity index is 230. The molecule has 0 aromatic rings. The maximum atomic E-state index is 11.5. The average Bonchev–Trinajstić information content (AvgIpc) is 2.79. The highest BCUT2D eigenvalue weighted by Gasteiger charge is 2.29. The smallest absolute Gasteiger partial charge is 0.137 e. The molecule has 3 nitrogen and oxygen atoms in total. The van der Waals surface area contributed by atoms with Gasteiger partial charge in [0.1, 0.15) is 5.78 Å². The van der Waals surface area contributed by atoms with Crippen LogP contribution in [0.25, 0.3) is 0 Å². The van der Waals surface area contributed by atoms with Crippen LogP contribution in [0.4, 0.5) is 0 Å². The Kier molecular flexibility index (Phi) is 3.76. The Morgan fingerprint density at radius 3 is 3.00 bits per heavy atom. The molecule has 0 aromatic heterocycles. The van der Waals surface area contributed by atoms with E-state index in [1.54, 1.807) is 7.11 Å². The fourth-order valence-corrected chi connectivity index (χ4v) is 2.84. The lowest BCUT2D eigenvalue weighted by atomic mass is 10.1. The first kappa shape index (κ1) is 11.1. The fourth-order valence-electron chi connectivity index (χ4n) is 2.84. The standard InChI is InChI=1S/C12H21NO2/c1-15-9-10-5-6-13(7-10)8-11-3-2-4-12(11)14/h10-11H,2-9H2,1H3. The Morgan fingerprint density at radius 2 is 2.33 bits per heavy atom. The summed E-state index contributed by atoms with van der Waals surface area (Å²) in [5.74, 6) is 1.52. The zero-order valence-corrected chi connectivity index (χ0v) is 9.58. The number of ether oxygens (including phenoxy) is 1. The van der Waals surface area contributed by atoms with E-state index in [0.717, 1.165) is 45.5 Å². The summed E-state index contributed by atoms with van der Waals surface area (Å²) in [6.07, 6.45) is 4.28. The third kappa shape index (κ3) is 2.79. The summed E-state index contributed by atoms with van der Waals surface area (Å²) in [4.78, 5) is 14.0. The quantitative estimate of drug-likeness (QED) is 0.702. The molecule has 0 radical (unpaired) electrons. The van der Waals surface area contributed by atoms with Gasteiger partial charge in [-0.3, -0.25) is 4.79 Å². The minimum Gasteiger partial charge on any atom is -0.384 e. The molecule has 1 saturated heterocycles. The highest BCUT2D eigenvalue weighted by molar-refractivity contribution is 5.83. The second-order valence-corrected chi connectivity index (χ2v) is 4.93. The molecule has 1 aliphatic heterocycles. The van der Waals surface area contributed by atoms with E-state index in [1.165, 1.54) is 6.42 Å². The minimum absolute atomic E-state index is 0.339. The van der Waals surface area contributed by atoms with Crippen LogP contribution >= 0.6 is 0 Å². The van der Waals surface area contributed by atoms with Crippen LogP contribution in [-0.2, 0) is 9.53 Å². The molecule has 0 N–H and O–H groups in total. The number of hydrogen-bond donors (Lipinski definition) is 0. The van der Waals surface area contributed by atoms with Crippen LogP contribution in [-0.4, -0.2) is 44.0 Å². The third-order valence-corrected chi connectivity index (χ3v) is 3.68. The van der Waals surface area contributed by atoms with E-state index < -0.39 is 0 Å². The summed E-state index contributed by atoms with van der Waals surface area (Å²) in [5, 5.41) is 0. The van der Waals surface area contributed by atoms with Gasteiger partial charge in [0.25, 0.3) is 0 Å². The number of methoxy groups -OCH3 is 1. The molecule has 0 spiro atoms. The molecule has 2 aliphatic rings. The first-order valence-corrected chi connectivity index (χ1v) is 6.03. The molecular weight excluding hydrogens is 190 g/mol. The second-order valence-electron chi connectivity index (χ2n) is 4.93. The van der Waals surface area contributed by atoms with Gasteiger partial charge in [-0.1, -0.05) is 0 Å². The average molecular weight is 211 g/mol. The van der Waals surface area contributed by atoms with Gasteiger partial charge >= 0.3 is 0 Å². The fraction of sp³-hybridized carbons (Fsp3) is 0.917. The summed E-state index contributed by atoms with van der Waals surface area (Å²) < 4.78 is 5.17. The lowest BCUT2D eigenvalue weighted by molar-refractivity contribution is -0.121. The van der Waals surface area contributed by atoms with Crippen molar-refractivity contribution in [2.24, 2.45) is 11.8 Å². The zero-order valence-electron chi connectivity index (χ0n) is 9.58. The number of Topliss-reactive ketones (excluding diaryl/α,β-unsaturated/α-hetero) is 1. The van der Waals surface area contributed by atoms with Crippen molar-refractivity contribution in [3.8, 4) is 0 Å². The molecule has 1 aliphatic carbocycles. The van der Waals surface area contributed by atoms with Crippen molar-refractivity contribution in [3.63, 3.8) is 0 Å². The van der Waals surface area contributed by atoms with Gasteiger partial charge in [-0.15, -0.1) is 0 Å². The van der Waals surface area contributed by atoms with Crippen LogP contribution in [0, 0.1) is 11.8 Å². The van der Waals surface area contributed by atoms with Gasteiger partial charge in [-0.05, 0) is 31.7 Å². The molecule has 2 unspecified atom stereocenters. The molecule has 0 aromatic carbocycles. The van der Waals surface area contributed by atoms with E-state index in [0.29, 0.717) is 17.6 Å². The topological polar surface area (TPSA) is 29.5 Å². The van der Waals surface area contributed by atoms with Gasteiger partial charge in [0.2, 0.25) is 0 Å². The number of carbonyl (C=O) groups excluding carboxylic acids is 1. The SMILES string of the molecule is COCC1CCN(CC2CCCC2=O)C1. The van der Waals surface area contributed by atoms with Crippen LogP contribution < -0.4 is 0 Å². The molecule has 2 rings (SSSR count). The van der Waals surface area contributed by atoms with E-state index >= 15 is 0 Å². The van der Waals surface area contributed by atoms with Crippen molar-refractivity contribution in [1.29, 1.82) is 0 Å². The Balaban J connectivity index is 1.74. The molecule has 2 fully saturated rings. The number of nitrogens with zero attached hydrogens (tertiary/aromatic N) is 1. The van der Waals surface area contributed by atoms with Gasteiger partial charge in [0, 0.05) is 32.5 Å². The van der Waals surface area contributed by atoms with Gasteiger partial charge in [0.15, 0.2) is 0 Å². The molecule has 2 atom stereocenters. The van der Waals surface area contributed by atoms with Gasteiger partial charge in [-0.2, -0.15) is 0 Å².